The third-order valence-corrected chi connectivity index (χ3v) is 3.27. The molecule has 0 spiro atoms. The highest BCUT2D eigenvalue weighted by atomic mass is 16.3. The number of nitrogens with one attached hydrogen (secondary N) is 1. The van der Waals surface area contributed by atoms with Crippen LogP contribution in [0.2, 0.25) is 0 Å². The van der Waals surface area contributed by atoms with Crippen molar-refractivity contribution in [1.29, 1.82) is 0 Å². The molecule has 4 nitrogen and oxygen atoms in total. The molecule has 1 rings (SSSR count). The van der Waals surface area contributed by atoms with E-state index in [1.165, 1.54) is 0 Å². The maximum atomic E-state index is 11.8. The Bertz CT molecular complexity index is 261. The molecule has 0 heterocycles. The fourth-order valence-corrected chi connectivity index (χ4v) is 2.44. The number of carbonyl (C=O) groups excluding carboxylic acids is 1. The van der Waals surface area contributed by atoms with Crippen molar-refractivity contribution in [3.63, 3.8) is 0 Å². The molecular weight excluding hydrogens is 216 g/mol. The molecule has 0 saturated heterocycles. The normalized spacial score (nSPS) is 26.9. The average Bonchev–Trinajstić information content (AvgIpc) is 2.58. The zero-order valence-corrected chi connectivity index (χ0v) is 11.2. The third kappa shape index (κ3) is 5.04. The molecule has 4 N–H and O–H groups in total. The van der Waals surface area contributed by atoms with Gasteiger partial charge in [-0.05, 0) is 24.7 Å². The van der Waals surface area contributed by atoms with Crippen LogP contribution in [0.25, 0.3) is 0 Å². The van der Waals surface area contributed by atoms with Gasteiger partial charge >= 0.3 is 0 Å². The summed E-state index contributed by atoms with van der Waals surface area (Å²) in [6.07, 6.45) is 3.05. The van der Waals surface area contributed by atoms with Crippen LogP contribution in [0.15, 0.2) is 0 Å². The molecule has 0 aromatic rings. The van der Waals surface area contributed by atoms with Crippen LogP contribution >= 0.6 is 0 Å². The van der Waals surface area contributed by atoms with Gasteiger partial charge < -0.3 is 16.2 Å². The molecule has 0 aromatic carbocycles. The van der Waals surface area contributed by atoms with Crippen LogP contribution in [0.5, 0.6) is 0 Å². The van der Waals surface area contributed by atoms with Gasteiger partial charge in [0.15, 0.2) is 0 Å². The molecule has 0 aromatic heterocycles. The molecule has 100 valence electrons. The Balaban J connectivity index is 2.28. The molecule has 4 heteroatoms. The number of amides is 1. The molecule has 1 amide bonds. The van der Waals surface area contributed by atoms with Crippen LogP contribution in [-0.2, 0) is 4.79 Å². The van der Waals surface area contributed by atoms with E-state index in [0.717, 1.165) is 19.3 Å². The van der Waals surface area contributed by atoms with Crippen molar-refractivity contribution in [1.82, 2.24) is 5.32 Å². The summed E-state index contributed by atoms with van der Waals surface area (Å²) in [5.41, 5.74) is 5.94. The molecule has 1 fully saturated rings. The number of aliphatic hydroxyl groups is 1. The van der Waals surface area contributed by atoms with Crippen molar-refractivity contribution >= 4 is 5.91 Å². The summed E-state index contributed by atoms with van der Waals surface area (Å²) in [5.74, 6) is -0.0557. The topological polar surface area (TPSA) is 75.3 Å². The molecule has 0 aliphatic heterocycles. The van der Waals surface area contributed by atoms with Gasteiger partial charge in [0.05, 0.1) is 12.0 Å². The van der Waals surface area contributed by atoms with Crippen LogP contribution in [0.3, 0.4) is 0 Å². The van der Waals surface area contributed by atoms with E-state index in [0.29, 0.717) is 13.0 Å². The van der Waals surface area contributed by atoms with Crippen molar-refractivity contribution in [2.45, 2.75) is 58.6 Å². The first-order valence-electron chi connectivity index (χ1n) is 6.51. The Kier molecular flexibility index (Phi) is 4.95. The van der Waals surface area contributed by atoms with Crippen molar-refractivity contribution in [2.24, 2.45) is 17.1 Å². The molecule has 17 heavy (non-hydrogen) atoms. The minimum absolute atomic E-state index is 0.00274. The van der Waals surface area contributed by atoms with Crippen LogP contribution in [0.1, 0.15) is 46.5 Å². The van der Waals surface area contributed by atoms with Crippen molar-refractivity contribution in [3.8, 4) is 0 Å². The second kappa shape index (κ2) is 5.83. The molecule has 3 atom stereocenters. The Morgan fingerprint density at radius 2 is 2.12 bits per heavy atom. The summed E-state index contributed by atoms with van der Waals surface area (Å²) in [7, 11) is 0. The minimum atomic E-state index is -0.475. The maximum Gasteiger partial charge on any atom is 0.224 e. The summed E-state index contributed by atoms with van der Waals surface area (Å²) in [6.45, 7) is 6.56. The zero-order valence-electron chi connectivity index (χ0n) is 11.2. The Hall–Kier alpha value is -0.610. The van der Waals surface area contributed by atoms with E-state index in [4.69, 9.17) is 5.73 Å². The average molecular weight is 242 g/mol. The molecule has 1 aliphatic rings. The van der Waals surface area contributed by atoms with E-state index in [1.807, 2.05) is 0 Å². The van der Waals surface area contributed by atoms with Crippen molar-refractivity contribution in [3.05, 3.63) is 0 Å². The Morgan fingerprint density at radius 3 is 2.59 bits per heavy atom. The summed E-state index contributed by atoms with van der Waals surface area (Å²) in [6, 6.07) is -0.00485. The predicted octanol–water partition coefficient (Wildman–Crippen LogP) is 1.03. The second-order valence-corrected chi connectivity index (χ2v) is 6.37. The van der Waals surface area contributed by atoms with Crippen molar-refractivity contribution in [2.75, 3.05) is 6.54 Å². The molecule has 1 saturated carbocycles. The molecule has 1 aliphatic carbocycles. The standard InChI is InChI=1S/C13H26N2O2/c1-13(2,3)7-9(16)8-15-12(17)10-5-4-6-11(10)14/h9-11,16H,4-8,14H2,1-3H3,(H,15,17). The van der Waals surface area contributed by atoms with Crippen LogP contribution < -0.4 is 11.1 Å². The number of hydrogen-bond acceptors (Lipinski definition) is 3. The smallest absolute Gasteiger partial charge is 0.224 e. The largest absolute Gasteiger partial charge is 0.391 e. The highest BCUT2D eigenvalue weighted by Gasteiger charge is 2.30. The zero-order chi connectivity index (χ0) is 13.1. The van der Waals surface area contributed by atoms with E-state index in [9.17, 15) is 9.90 Å². The number of nitrogens with two attached hydrogens (primary N) is 1. The van der Waals surface area contributed by atoms with Gasteiger partial charge in [-0.25, -0.2) is 0 Å². The fourth-order valence-electron chi connectivity index (χ4n) is 2.44. The molecular formula is C13H26N2O2. The Labute approximate surface area is 104 Å². The molecule has 0 radical (unpaired) electrons. The van der Waals surface area contributed by atoms with Gasteiger partial charge in [-0.3, -0.25) is 4.79 Å². The lowest BCUT2D eigenvalue weighted by Gasteiger charge is -2.23. The summed E-state index contributed by atoms with van der Waals surface area (Å²) in [4.78, 5) is 11.8. The predicted molar refractivity (Wildman–Crippen MR) is 68.4 cm³/mol. The first kappa shape index (κ1) is 14.5. The molecule has 0 bridgehead atoms. The lowest BCUT2D eigenvalue weighted by Crippen LogP contribution is -2.42. The summed E-state index contributed by atoms with van der Waals surface area (Å²) < 4.78 is 0. The monoisotopic (exact) mass is 242 g/mol. The van der Waals surface area contributed by atoms with Gasteiger partial charge in [-0.1, -0.05) is 27.2 Å². The Morgan fingerprint density at radius 1 is 1.47 bits per heavy atom. The van der Waals surface area contributed by atoms with E-state index < -0.39 is 6.10 Å². The van der Waals surface area contributed by atoms with Crippen molar-refractivity contribution < 1.29 is 9.90 Å². The van der Waals surface area contributed by atoms with E-state index in [1.54, 1.807) is 0 Å². The second-order valence-electron chi connectivity index (χ2n) is 6.37. The van der Waals surface area contributed by atoms with Gasteiger partial charge in [0.1, 0.15) is 0 Å². The molecule has 3 unspecified atom stereocenters. The van der Waals surface area contributed by atoms with E-state index in [-0.39, 0.29) is 23.3 Å². The van der Waals surface area contributed by atoms with Gasteiger partial charge in [0.25, 0.3) is 0 Å². The number of rotatable bonds is 4. The third-order valence-electron chi connectivity index (χ3n) is 3.27. The highest BCUT2D eigenvalue weighted by molar-refractivity contribution is 5.79. The van der Waals surface area contributed by atoms with E-state index in [2.05, 4.69) is 26.1 Å². The van der Waals surface area contributed by atoms with Gasteiger partial charge in [-0.2, -0.15) is 0 Å². The highest BCUT2D eigenvalue weighted by Crippen LogP contribution is 2.24. The van der Waals surface area contributed by atoms with Crippen LogP contribution in [-0.4, -0.2) is 29.7 Å². The SMILES string of the molecule is CC(C)(C)CC(O)CNC(=O)C1CCCC1N. The first-order valence-corrected chi connectivity index (χ1v) is 6.51. The lowest BCUT2D eigenvalue weighted by atomic mass is 9.89. The first-order chi connectivity index (χ1) is 7.79. The van der Waals surface area contributed by atoms with Gasteiger partial charge in [0, 0.05) is 12.6 Å². The van der Waals surface area contributed by atoms with Gasteiger partial charge in [0.2, 0.25) is 5.91 Å². The number of aliphatic hydroxyl groups excluding tert-OH is 1. The maximum absolute atomic E-state index is 11.8. The number of hydrogen-bond donors (Lipinski definition) is 3. The summed E-state index contributed by atoms with van der Waals surface area (Å²) in [5, 5.41) is 12.6. The fraction of sp³-hybridized carbons (Fsp3) is 0.923. The lowest BCUT2D eigenvalue weighted by molar-refractivity contribution is -0.125. The number of carbonyl (C=O) groups is 1. The van der Waals surface area contributed by atoms with Crippen LogP contribution in [0, 0.1) is 11.3 Å². The van der Waals surface area contributed by atoms with Gasteiger partial charge in [-0.15, -0.1) is 0 Å². The van der Waals surface area contributed by atoms with Crippen LogP contribution in [0.4, 0.5) is 0 Å². The van der Waals surface area contributed by atoms with E-state index >= 15 is 0 Å². The summed E-state index contributed by atoms with van der Waals surface area (Å²) >= 11 is 0. The quantitative estimate of drug-likeness (QED) is 0.689. The minimum Gasteiger partial charge on any atom is -0.391 e.